The lowest BCUT2D eigenvalue weighted by Gasteiger charge is -2.37. The smallest absolute Gasteiger partial charge is 0.261 e. The van der Waals surface area contributed by atoms with E-state index in [1.165, 1.54) is 25.3 Å². The molecule has 0 aliphatic heterocycles. The molecule has 3 nitrogen and oxygen atoms in total. The molecule has 0 heterocycles. The number of nitrogens with zero attached hydrogens (tertiary/aromatic N) is 1. The van der Waals surface area contributed by atoms with Gasteiger partial charge in [-0.25, -0.2) is 8.78 Å². The molecule has 0 bridgehead atoms. The molecule has 2 aliphatic carbocycles. The molecule has 0 saturated heterocycles. The highest BCUT2D eigenvalue weighted by Crippen LogP contribution is 2.36. The lowest BCUT2D eigenvalue weighted by Crippen LogP contribution is -2.46. The first kappa shape index (κ1) is 17.2. The van der Waals surface area contributed by atoms with Crippen LogP contribution in [0.1, 0.15) is 51.9 Å². The predicted octanol–water partition coefficient (Wildman–Crippen LogP) is 4.30. The molecule has 3 rings (SSSR count). The fourth-order valence-corrected chi connectivity index (χ4v) is 3.70. The molecular weight excluding hydrogens is 312 g/mol. The van der Waals surface area contributed by atoms with E-state index in [1.54, 1.807) is 0 Å². The van der Waals surface area contributed by atoms with Crippen LogP contribution in [0.3, 0.4) is 0 Å². The number of carbonyl (C=O) groups excluding carboxylic acids is 1. The Labute approximate surface area is 142 Å². The summed E-state index contributed by atoms with van der Waals surface area (Å²) in [6.07, 6.45) is 7.74. The van der Waals surface area contributed by atoms with Gasteiger partial charge in [-0.05, 0) is 56.6 Å². The second-order valence-corrected chi connectivity index (χ2v) is 6.98. The van der Waals surface area contributed by atoms with E-state index in [0.29, 0.717) is 6.04 Å². The quantitative estimate of drug-likeness (QED) is 0.774. The first-order valence-electron chi connectivity index (χ1n) is 8.97. The molecule has 0 aromatic heterocycles. The van der Waals surface area contributed by atoms with Crippen LogP contribution in [-0.4, -0.2) is 29.5 Å². The minimum atomic E-state index is -0.774. The van der Waals surface area contributed by atoms with Gasteiger partial charge in [0, 0.05) is 18.2 Å². The van der Waals surface area contributed by atoms with Crippen LogP contribution in [0.25, 0.3) is 0 Å². The zero-order valence-electron chi connectivity index (χ0n) is 14.1. The van der Waals surface area contributed by atoms with Crippen molar-refractivity contribution in [2.75, 3.05) is 6.61 Å². The van der Waals surface area contributed by atoms with Crippen molar-refractivity contribution in [3.63, 3.8) is 0 Å². The first-order valence-corrected chi connectivity index (χ1v) is 8.97. The van der Waals surface area contributed by atoms with Gasteiger partial charge in [-0.15, -0.1) is 0 Å². The van der Waals surface area contributed by atoms with Crippen molar-refractivity contribution in [2.45, 2.75) is 64.0 Å². The van der Waals surface area contributed by atoms with E-state index in [1.807, 2.05) is 4.90 Å². The van der Waals surface area contributed by atoms with Crippen molar-refractivity contribution < 1.29 is 18.3 Å². The summed E-state index contributed by atoms with van der Waals surface area (Å²) in [5, 5.41) is 0. The van der Waals surface area contributed by atoms with Crippen molar-refractivity contribution in [1.29, 1.82) is 0 Å². The minimum absolute atomic E-state index is 0.0739. The van der Waals surface area contributed by atoms with Gasteiger partial charge >= 0.3 is 0 Å². The molecule has 2 fully saturated rings. The molecule has 0 spiro atoms. The Hall–Kier alpha value is -1.65. The Morgan fingerprint density at radius 2 is 1.75 bits per heavy atom. The number of ether oxygens (including phenoxy) is 1. The van der Waals surface area contributed by atoms with Crippen molar-refractivity contribution >= 4 is 5.91 Å². The summed E-state index contributed by atoms with van der Waals surface area (Å²) in [7, 11) is 0. The summed E-state index contributed by atoms with van der Waals surface area (Å²) >= 11 is 0. The van der Waals surface area contributed by atoms with E-state index in [0.717, 1.165) is 43.7 Å². The van der Waals surface area contributed by atoms with Gasteiger partial charge in [0.25, 0.3) is 5.91 Å². The van der Waals surface area contributed by atoms with E-state index in [2.05, 4.69) is 6.92 Å². The van der Waals surface area contributed by atoms with Crippen LogP contribution in [-0.2, 0) is 4.79 Å². The number of carbonyl (C=O) groups is 1. The Morgan fingerprint density at radius 3 is 2.29 bits per heavy atom. The number of benzene rings is 1. The van der Waals surface area contributed by atoms with E-state index >= 15 is 0 Å². The molecule has 0 radical (unpaired) electrons. The number of hydrogen-bond acceptors (Lipinski definition) is 2. The maximum Gasteiger partial charge on any atom is 0.261 e. The average Bonchev–Trinajstić information content (AvgIpc) is 3.40. The zero-order chi connectivity index (χ0) is 17.1. The lowest BCUT2D eigenvalue weighted by molar-refractivity contribution is -0.137. The van der Waals surface area contributed by atoms with E-state index in [9.17, 15) is 13.6 Å². The summed E-state index contributed by atoms with van der Waals surface area (Å²) in [5.41, 5.74) is 0. The molecule has 0 unspecified atom stereocenters. The second kappa shape index (κ2) is 7.49. The van der Waals surface area contributed by atoms with Gasteiger partial charge in [0.1, 0.15) is 5.82 Å². The highest BCUT2D eigenvalue weighted by atomic mass is 19.1. The monoisotopic (exact) mass is 337 g/mol. The molecule has 132 valence electrons. The van der Waals surface area contributed by atoms with Crippen molar-refractivity contribution in [3.05, 3.63) is 29.8 Å². The third-order valence-corrected chi connectivity index (χ3v) is 5.26. The van der Waals surface area contributed by atoms with Gasteiger partial charge in [-0.1, -0.05) is 13.3 Å². The van der Waals surface area contributed by atoms with Crippen molar-refractivity contribution in [3.8, 4) is 5.75 Å². The normalized spacial score (nSPS) is 23.8. The van der Waals surface area contributed by atoms with Gasteiger partial charge in [0.05, 0.1) is 0 Å². The number of halogens is 2. The van der Waals surface area contributed by atoms with Gasteiger partial charge < -0.3 is 9.64 Å². The van der Waals surface area contributed by atoms with Crippen LogP contribution < -0.4 is 4.74 Å². The molecule has 1 aromatic carbocycles. The Bertz CT molecular complexity index is 581. The maximum atomic E-state index is 13.6. The molecule has 0 N–H and O–H groups in total. The molecule has 1 amide bonds. The molecule has 2 saturated carbocycles. The summed E-state index contributed by atoms with van der Waals surface area (Å²) in [6, 6.07) is 3.74. The molecule has 0 atom stereocenters. The maximum absolute atomic E-state index is 13.6. The molecule has 1 aromatic rings. The lowest BCUT2D eigenvalue weighted by atomic mass is 9.84. The topological polar surface area (TPSA) is 29.5 Å². The number of hydrogen-bond donors (Lipinski definition) is 0. The van der Waals surface area contributed by atoms with Crippen molar-refractivity contribution in [2.24, 2.45) is 5.92 Å². The standard InChI is InChI=1S/C19H25F2NO2/c1-2-13-3-6-15(7-4-13)22(16-8-9-16)19(23)12-24-18-10-5-14(20)11-17(18)21/h5,10-11,13,15-16H,2-4,6-9,12H2,1H3. The summed E-state index contributed by atoms with van der Waals surface area (Å²) in [4.78, 5) is 14.6. The summed E-state index contributed by atoms with van der Waals surface area (Å²) in [5.74, 6) is -0.805. The van der Waals surface area contributed by atoms with E-state index < -0.39 is 11.6 Å². The zero-order valence-corrected chi connectivity index (χ0v) is 14.1. The van der Waals surface area contributed by atoms with Crippen LogP contribution in [0.4, 0.5) is 8.78 Å². The summed E-state index contributed by atoms with van der Waals surface area (Å²) < 4.78 is 31.9. The largest absolute Gasteiger partial charge is 0.481 e. The third-order valence-electron chi connectivity index (χ3n) is 5.26. The van der Waals surface area contributed by atoms with Crippen LogP contribution in [0.15, 0.2) is 18.2 Å². The van der Waals surface area contributed by atoms with Gasteiger partial charge in [-0.2, -0.15) is 0 Å². The third kappa shape index (κ3) is 4.05. The molecule has 5 heteroatoms. The van der Waals surface area contributed by atoms with Crippen LogP contribution in [0.5, 0.6) is 5.75 Å². The Balaban J connectivity index is 1.59. The van der Waals surface area contributed by atoms with Crippen LogP contribution in [0, 0.1) is 17.6 Å². The number of rotatable bonds is 6. The van der Waals surface area contributed by atoms with Gasteiger partial charge in [-0.3, -0.25) is 4.79 Å². The van der Waals surface area contributed by atoms with Crippen molar-refractivity contribution in [1.82, 2.24) is 4.90 Å². The number of amides is 1. The average molecular weight is 337 g/mol. The van der Waals surface area contributed by atoms with Crippen LogP contribution in [0.2, 0.25) is 0 Å². The minimum Gasteiger partial charge on any atom is -0.481 e. The predicted molar refractivity (Wildman–Crippen MR) is 87.8 cm³/mol. The van der Waals surface area contributed by atoms with E-state index in [4.69, 9.17) is 4.74 Å². The SMILES string of the molecule is CCC1CCC(N(C(=O)COc2ccc(F)cc2F)C2CC2)CC1. The Kier molecular flexibility index (Phi) is 5.36. The van der Waals surface area contributed by atoms with Gasteiger partial charge in [0.15, 0.2) is 18.2 Å². The van der Waals surface area contributed by atoms with Crippen LogP contribution >= 0.6 is 0 Å². The first-order chi connectivity index (χ1) is 11.6. The van der Waals surface area contributed by atoms with E-state index in [-0.39, 0.29) is 24.3 Å². The molecular formula is C19H25F2NO2. The highest BCUT2D eigenvalue weighted by molar-refractivity contribution is 5.78. The highest BCUT2D eigenvalue weighted by Gasteiger charge is 2.38. The fourth-order valence-electron chi connectivity index (χ4n) is 3.70. The second-order valence-electron chi connectivity index (χ2n) is 6.98. The van der Waals surface area contributed by atoms with Gasteiger partial charge in [0.2, 0.25) is 0 Å². The fraction of sp³-hybridized carbons (Fsp3) is 0.632. The summed E-state index contributed by atoms with van der Waals surface area (Å²) in [6.45, 7) is 2.03. The Morgan fingerprint density at radius 1 is 1.12 bits per heavy atom. The molecule has 2 aliphatic rings. The molecule has 24 heavy (non-hydrogen) atoms.